The maximum atomic E-state index is 11.6. The predicted molar refractivity (Wildman–Crippen MR) is 59.0 cm³/mol. The van der Waals surface area contributed by atoms with Crippen LogP contribution in [-0.4, -0.2) is 54.0 Å². The van der Waals surface area contributed by atoms with Crippen molar-refractivity contribution < 1.29 is 19.5 Å². The molecule has 7 heteroatoms. The molecule has 0 aromatic carbocycles. The number of likely N-dealkylation sites (tertiary alicyclic amines) is 1. The number of aliphatic carboxylic acids is 1. The molecule has 0 aromatic rings. The van der Waals surface area contributed by atoms with Crippen LogP contribution in [-0.2, 0) is 14.4 Å². The average Bonchev–Trinajstić information content (AvgIpc) is 2.35. The van der Waals surface area contributed by atoms with Gasteiger partial charge in [-0.2, -0.15) is 0 Å². The molecule has 1 aliphatic rings. The zero-order valence-corrected chi connectivity index (χ0v) is 9.52. The number of carbonyl (C=O) groups excluding carboxylic acids is 2. The molecule has 0 radical (unpaired) electrons. The number of nitrogens with zero attached hydrogens (tertiary/aromatic N) is 1. The Labute approximate surface area is 98.9 Å². The van der Waals surface area contributed by atoms with E-state index in [9.17, 15) is 14.4 Å². The highest BCUT2D eigenvalue weighted by atomic mass is 16.4. The molecule has 0 aliphatic carbocycles. The quantitative estimate of drug-likeness (QED) is 0.549. The summed E-state index contributed by atoms with van der Waals surface area (Å²) in [6.45, 7) is 0.630. The second-order valence-electron chi connectivity index (χ2n) is 3.97. The highest BCUT2D eigenvalue weighted by Gasteiger charge is 2.26. The third-order valence-corrected chi connectivity index (χ3v) is 2.82. The van der Waals surface area contributed by atoms with Crippen LogP contribution in [0.3, 0.4) is 0 Å². The number of rotatable bonds is 4. The number of hydrogen-bond donors (Lipinski definition) is 3. The molecule has 0 bridgehead atoms. The Balaban J connectivity index is 2.31. The minimum Gasteiger partial charge on any atom is -0.481 e. The number of amides is 2. The summed E-state index contributed by atoms with van der Waals surface area (Å²) in [5.41, 5.74) is 5.09. The van der Waals surface area contributed by atoms with Crippen LogP contribution in [0.1, 0.15) is 12.8 Å². The van der Waals surface area contributed by atoms with E-state index in [1.165, 1.54) is 0 Å². The van der Waals surface area contributed by atoms with Gasteiger partial charge in [-0.25, -0.2) is 0 Å². The van der Waals surface area contributed by atoms with Crippen molar-refractivity contribution in [3.05, 3.63) is 0 Å². The predicted octanol–water partition coefficient (Wildman–Crippen LogP) is -1.62. The van der Waals surface area contributed by atoms with Crippen molar-refractivity contribution in [2.75, 3.05) is 26.2 Å². The summed E-state index contributed by atoms with van der Waals surface area (Å²) in [5.74, 6) is -1.75. The van der Waals surface area contributed by atoms with Crippen molar-refractivity contribution in [1.29, 1.82) is 0 Å². The summed E-state index contributed by atoms with van der Waals surface area (Å²) in [7, 11) is 0. The summed E-state index contributed by atoms with van der Waals surface area (Å²) in [4.78, 5) is 34.7. The Morgan fingerprint density at radius 3 is 2.35 bits per heavy atom. The van der Waals surface area contributed by atoms with Crippen molar-refractivity contribution in [1.82, 2.24) is 10.2 Å². The molecule has 1 rings (SSSR count). The van der Waals surface area contributed by atoms with Gasteiger partial charge in [-0.15, -0.1) is 0 Å². The Kier molecular flexibility index (Phi) is 4.89. The van der Waals surface area contributed by atoms with Crippen LogP contribution < -0.4 is 11.1 Å². The summed E-state index contributed by atoms with van der Waals surface area (Å²) in [6, 6.07) is 0. The minimum absolute atomic E-state index is 0.0756. The molecule has 1 saturated heterocycles. The molecule has 0 unspecified atom stereocenters. The van der Waals surface area contributed by atoms with Crippen LogP contribution in [0.5, 0.6) is 0 Å². The third kappa shape index (κ3) is 4.03. The lowest BCUT2D eigenvalue weighted by atomic mass is 9.97. The summed E-state index contributed by atoms with van der Waals surface area (Å²) in [6.07, 6.45) is 0.928. The smallest absolute Gasteiger partial charge is 0.306 e. The third-order valence-electron chi connectivity index (χ3n) is 2.82. The van der Waals surface area contributed by atoms with Gasteiger partial charge >= 0.3 is 5.97 Å². The Hall–Kier alpha value is -1.63. The van der Waals surface area contributed by atoms with E-state index >= 15 is 0 Å². The molecule has 17 heavy (non-hydrogen) atoms. The lowest BCUT2D eigenvalue weighted by Crippen LogP contribution is -2.45. The van der Waals surface area contributed by atoms with E-state index in [2.05, 4.69) is 5.32 Å². The molecule has 0 spiro atoms. The largest absolute Gasteiger partial charge is 0.481 e. The zero-order chi connectivity index (χ0) is 12.8. The topological polar surface area (TPSA) is 113 Å². The zero-order valence-electron chi connectivity index (χ0n) is 9.52. The summed E-state index contributed by atoms with van der Waals surface area (Å²) < 4.78 is 0. The lowest BCUT2D eigenvalue weighted by Gasteiger charge is -2.30. The molecular weight excluding hydrogens is 226 g/mol. The van der Waals surface area contributed by atoms with Gasteiger partial charge in [0.1, 0.15) is 0 Å². The molecule has 7 nitrogen and oxygen atoms in total. The number of nitrogens with two attached hydrogens (primary N) is 1. The van der Waals surface area contributed by atoms with Crippen LogP contribution in [0.15, 0.2) is 0 Å². The second kappa shape index (κ2) is 6.19. The first-order valence-corrected chi connectivity index (χ1v) is 5.52. The molecule has 96 valence electrons. The first kappa shape index (κ1) is 13.4. The van der Waals surface area contributed by atoms with Gasteiger partial charge in [0.05, 0.1) is 19.0 Å². The van der Waals surface area contributed by atoms with Crippen LogP contribution >= 0.6 is 0 Å². The van der Waals surface area contributed by atoms with E-state index in [4.69, 9.17) is 10.8 Å². The fourth-order valence-electron chi connectivity index (χ4n) is 1.73. The Morgan fingerprint density at radius 1 is 1.29 bits per heavy atom. The van der Waals surface area contributed by atoms with Crippen LogP contribution in [0, 0.1) is 5.92 Å². The van der Waals surface area contributed by atoms with E-state index < -0.39 is 5.97 Å². The average molecular weight is 243 g/mol. The number of hydrogen-bond acceptors (Lipinski definition) is 4. The fraction of sp³-hybridized carbons (Fsp3) is 0.700. The molecule has 1 heterocycles. The SMILES string of the molecule is NCC(=O)NCC(=O)N1CCC(C(=O)O)CC1. The summed E-state index contributed by atoms with van der Waals surface area (Å²) in [5, 5.41) is 11.2. The van der Waals surface area contributed by atoms with Crippen molar-refractivity contribution in [3.8, 4) is 0 Å². The van der Waals surface area contributed by atoms with Gasteiger partial charge in [0.25, 0.3) is 0 Å². The van der Waals surface area contributed by atoms with Gasteiger partial charge in [-0.3, -0.25) is 14.4 Å². The fourth-order valence-corrected chi connectivity index (χ4v) is 1.73. The Morgan fingerprint density at radius 2 is 1.88 bits per heavy atom. The van der Waals surface area contributed by atoms with Gasteiger partial charge in [0, 0.05) is 13.1 Å². The van der Waals surface area contributed by atoms with Gasteiger partial charge in [-0.1, -0.05) is 0 Å². The second-order valence-corrected chi connectivity index (χ2v) is 3.97. The van der Waals surface area contributed by atoms with Crippen LogP contribution in [0.2, 0.25) is 0 Å². The molecule has 1 aliphatic heterocycles. The van der Waals surface area contributed by atoms with E-state index in [0.29, 0.717) is 25.9 Å². The summed E-state index contributed by atoms with van der Waals surface area (Å²) >= 11 is 0. The van der Waals surface area contributed by atoms with Gasteiger partial charge in [0.2, 0.25) is 11.8 Å². The first-order chi connectivity index (χ1) is 8.04. The molecule has 4 N–H and O–H groups in total. The highest BCUT2D eigenvalue weighted by Crippen LogP contribution is 2.16. The maximum absolute atomic E-state index is 11.6. The monoisotopic (exact) mass is 243 g/mol. The molecule has 1 fully saturated rings. The first-order valence-electron chi connectivity index (χ1n) is 5.52. The molecule has 2 amide bonds. The lowest BCUT2D eigenvalue weighted by molar-refractivity contribution is -0.145. The number of carboxylic acid groups (broad SMARTS) is 1. The van der Waals surface area contributed by atoms with Gasteiger partial charge in [-0.05, 0) is 12.8 Å². The maximum Gasteiger partial charge on any atom is 0.306 e. The number of carbonyl (C=O) groups is 3. The number of nitrogens with one attached hydrogen (secondary N) is 1. The minimum atomic E-state index is -0.812. The number of carboxylic acids is 1. The highest BCUT2D eigenvalue weighted by molar-refractivity contribution is 5.85. The Bertz CT molecular complexity index is 311. The normalized spacial score (nSPS) is 16.6. The van der Waals surface area contributed by atoms with Crippen molar-refractivity contribution >= 4 is 17.8 Å². The molecule has 0 atom stereocenters. The van der Waals surface area contributed by atoms with E-state index in [0.717, 1.165) is 0 Å². The molecule has 0 saturated carbocycles. The van der Waals surface area contributed by atoms with Crippen molar-refractivity contribution in [2.24, 2.45) is 11.7 Å². The van der Waals surface area contributed by atoms with E-state index in [1.54, 1.807) is 4.90 Å². The van der Waals surface area contributed by atoms with Gasteiger partial charge < -0.3 is 21.1 Å². The van der Waals surface area contributed by atoms with Crippen molar-refractivity contribution in [2.45, 2.75) is 12.8 Å². The molecule has 0 aromatic heterocycles. The van der Waals surface area contributed by atoms with Gasteiger partial charge in [0.15, 0.2) is 0 Å². The van der Waals surface area contributed by atoms with E-state index in [-0.39, 0.29) is 30.8 Å². The number of piperidine rings is 1. The van der Waals surface area contributed by atoms with E-state index in [1.807, 2.05) is 0 Å². The standard InChI is InChI=1S/C10H17N3O4/c11-5-8(14)12-6-9(15)13-3-1-7(2-4-13)10(16)17/h7H,1-6,11H2,(H,12,14)(H,16,17). The van der Waals surface area contributed by atoms with Crippen LogP contribution in [0.4, 0.5) is 0 Å². The van der Waals surface area contributed by atoms with Crippen molar-refractivity contribution in [3.63, 3.8) is 0 Å². The van der Waals surface area contributed by atoms with Crippen LogP contribution in [0.25, 0.3) is 0 Å². The molecular formula is C10H17N3O4.